The van der Waals surface area contributed by atoms with Crippen molar-refractivity contribution in [1.82, 2.24) is 9.88 Å². The van der Waals surface area contributed by atoms with Gasteiger partial charge in [-0.1, -0.05) is 0 Å². The maximum Gasteiger partial charge on any atom is 0.337 e. The molecular formula is C17H22FN3O3. The van der Waals surface area contributed by atoms with Gasteiger partial charge in [0.15, 0.2) is 5.67 Å². The molecule has 24 heavy (non-hydrogen) atoms. The highest BCUT2D eigenvalue weighted by molar-refractivity contribution is 6.02. The fraction of sp³-hybridized carbons (Fsp3) is 0.588. The van der Waals surface area contributed by atoms with Crippen molar-refractivity contribution in [2.45, 2.75) is 38.9 Å². The fourth-order valence-electron chi connectivity index (χ4n) is 3.62. The van der Waals surface area contributed by atoms with E-state index in [2.05, 4.69) is 23.7 Å². The highest BCUT2D eigenvalue weighted by atomic mass is 19.1. The van der Waals surface area contributed by atoms with E-state index in [1.54, 1.807) is 13.0 Å². The summed E-state index contributed by atoms with van der Waals surface area (Å²) in [5.74, 6) is -1.68. The van der Waals surface area contributed by atoms with Crippen LogP contribution in [0.3, 0.4) is 0 Å². The van der Waals surface area contributed by atoms with Crippen LogP contribution in [0.1, 0.15) is 36.2 Å². The average Bonchev–Trinajstić information content (AvgIpc) is 2.78. The number of rotatable bonds is 3. The molecule has 0 aliphatic carbocycles. The number of carboxylic acids is 1. The number of hydrogen-bond acceptors (Lipinski definition) is 4. The smallest absolute Gasteiger partial charge is 0.337 e. The van der Waals surface area contributed by atoms with Gasteiger partial charge in [0.2, 0.25) is 0 Å². The van der Waals surface area contributed by atoms with E-state index in [-0.39, 0.29) is 24.4 Å². The van der Waals surface area contributed by atoms with E-state index >= 15 is 4.39 Å². The molecule has 2 aliphatic heterocycles. The number of carbonyl (C=O) groups excluding carboxylic acids is 1. The van der Waals surface area contributed by atoms with Crippen LogP contribution in [0.2, 0.25) is 0 Å². The normalized spacial score (nSPS) is 27.6. The fourth-order valence-corrected chi connectivity index (χ4v) is 3.62. The van der Waals surface area contributed by atoms with E-state index in [1.165, 1.54) is 11.1 Å². The highest BCUT2D eigenvalue weighted by Crippen LogP contribution is 2.41. The molecule has 2 atom stereocenters. The molecule has 6 nitrogen and oxygen atoms in total. The molecule has 2 aliphatic rings. The Kier molecular flexibility index (Phi) is 4.07. The van der Waals surface area contributed by atoms with E-state index in [1.807, 2.05) is 0 Å². The number of fused-ring (bicyclic) bond motifs is 1. The van der Waals surface area contributed by atoms with E-state index in [9.17, 15) is 9.59 Å². The number of anilines is 1. The molecule has 2 fully saturated rings. The number of aromatic carboxylic acids is 1. The largest absolute Gasteiger partial charge is 0.478 e. The van der Waals surface area contributed by atoms with E-state index in [0.717, 1.165) is 0 Å². The molecule has 1 aromatic rings. The number of nitrogens with zero attached hydrogens (tertiary/aromatic N) is 3. The summed E-state index contributed by atoms with van der Waals surface area (Å²) in [5.41, 5.74) is -1.25. The van der Waals surface area contributed by atoms with Gasteiger partial charge in [-0.25, -0.2) is 14.2 Å². The topological polar surface area (TPSA) is 73.7 Å². The van der Waals surface area contributed by atoms with Crippen LogP contribution in [0.15, 0.2) is 12.3 Å². The molecule has 1 N–H and O–H groups in total. The van der Waals surface area contributed by atoms with Crippen molar-refractivity contribution in [1.29, 1.82) is 0 Å². The number of carboxylic acid groups (broad SMARTS) is 1. The monoisotopic (exact) mass is 335 g/mol. The quantitative estimate of drug-likeness (QED) is 0.913. The van der Waals surface area contributed by atoms with Gasteiger partial charge in [-0.3, -0.25) is 9.69 Å². The SMILES string of the molecule is Cc1cc(N2C[C@@H]3CN(C(C)C)CC[C@]3(F)C2=O)ncc1C(=O)O. The second kappa shape index (κ2) is 5.81. The van der Waals surface area contributed by atoms with Gasteiger partial charge in [-0.2, -0.15) is 0 Å². The molecule has 0 saturated carbocycles. The number of hydrogen-bond donors (Lipinski definition) is 1. The predicted molar refractivity (Wildman–Crippen MR) is 86.9 cm³/mol. The molecule has 1 amide bonds. The van der Waals surface area contributed by atoms with Crippen molar-refractivity contribution in [3.63, 3.8) is 0 Å². The molecule has 130 valence electrons. The van der Waals surface area contributed by atoms with Crippen molar-refractivity contribution >= 4 is 17.7 Å². The van der Waals surface area contributed by atoms with E-state index in [0.29, 0.717) is 30.5 Å². The molecule has 0 aromatic carbocycles. The Morgan fingerprint density at radius 3 is 2.75 bits per heavy atom. The Bertz CT molecular complexity index is 694. The lowest BCUT2D eigenvalue weighted by atomic mass is 9.84. The molecule has 0 unspecified atom stereocenters. The minimum atomic E-state index is -1.84. The van der Waals surface area contributed by atoms with Crippen molar-refractivity contribution in [3.8, 4) is 0 Å². The van der Waals surface area contributed by atoms with Gasteiger partial charge in [0.25, 0.3) is 5.91 Å². The Balaban J connectivity index is 1.88. The van der Waals surface area contributed by atoms with Crippen LogP contribution in [0.25, 0.3) is 0 Å². The third kappa shape index (κ3) is 2.56. The lowest BCUT2D eigenvalue weighted by Crippen LogP contribution is -2.52. The van der Waals surface area contributed by atoms with Crippen LogP contribution < -0.4 is 4.90 Å². The molecule has 0 spiro atoms. The summed E-state index contributed by atoms with van der Waals surface area (Å²) < 4.78 is 15.3. The summed E-state index contributed by atoms with van der Waals surface area (Å²) in [6.45, 7) is 7.16. The summed E-state index contributed by atoms with van der Waals surface area (Å²) in [5, 5.41) is 9.08. The van der Waals surface area contributed by atoms with Crippen molar-refractivity contribution < 1.29 is 19.1 Å². The first-order valence-corrected chi connectivity index (χ1v) is 8.19. The van der Waals surface area contributed by atoms with Gasteiger partial charge < -0.3 is 10.0 Å². The first kappa shape index (κ1) is 16.8. The second-order valence-electron chi connectivity index (χ2n) is 6.98. The van der Waals surface area contributed by atoms with Gasteiger partial charge in [0.05, 0.1) is 5.56 Å². The zero-order valence-electron chi connectivity index (χ0n) is 14.1. The number of piperidine rings is 1. The minimum absolute atomic E-state index is 0.0868. The number of aromatic nitrogens is 1. The van der Waals surface area contributed by atoms with Gasteiger partial charge in [0, 0.05) is 44.2 Å². The number of alkyl halides is 1. The molecular weight excluding hydrogens is 313 g/mol. The van der Waals surface area contributed by atoms with Crippen molar-refractivity contribution in [2.75, 3.05) is 24.5 Å². The lowest BCUT2D eigenvalue weighted by Gasteiger charge is -2.39. The van der Waals surface area contributed by atoms with Crippen LogP contribution in [0.5, 0.6) is 0 Å². The van der Waals surface area contributed by atoms with Crippen LogP contribution in [0.4, 0.5) is 10.2 Å². The summed E-state index contributed by atoms with van der Waals surface area (Å²) in [4.78, 5) is 31.4. The summed E-state index contributed by atoms with van der Waals surface area (Å²) in [6, 6.07) is 1.86. The molecule has 1 aromatic heterocycles. The summed E-state index contributed by atoms with van der Waals surface area (Å²) in [7, 11) is 0. The van der Waals surface area contributed by atoms with Gasteiger partial charge in [-0.15, -0.1) is 0 Å². The summed E-state index contributed by atoms with van der Waals surface area (Å²) in [6.07, 6.45) is 1.42. The number of halogens is 1. The molecule has 0 radical (unpaired) electrons. The number of pyridine rings is 1. The Labute approximate surface area is 140 Å². The Morgan fingerprint density at radius 2 is 2.17 bits per heavy atom. The number of amides is 1. The van der Waals surface area contributed by atoms with Gasteiger partial charge in [-0.05, 0) is 32.4 Å². The van der Waals surface area contributed by atoms with Crippen LogP contribution >= 0.6 is 0 Å². The molecule has 7 heteroatoms. The Hall–Kier alpha value is -2.02. The molecule has 3 heterocycles. The highest BCUT2D eigenvalue weighted by Gasteiger charge is 2.57. The standard InChI is InChI=1S/C17H22FN3O3/c1-10(2)20-5-4-17(18)12(8-20)9-21(16(17)24)14-6-11(3)13(7-19-14)15(22)23/h6-7,10,12H,4-5,8-9H2,1-3H3,(H,22,23)/t12-,17+/m0/s1. The van der Waals surface area contributed by atoms with E-state index < -0.39 is 17.5 Å². The predicted octanol–water partition coefficient (Wildman–Crippen LogP) is 1.87. The number of carbonyl (C=O) groups is 2. The lowest BCUT2D eigenvalue weighted by molar-refractivity contribution is -0.132. The van der Waals surface area contributed by atoms with Crippen LogP contribution in [0, 0.1) is 12.8 Å². The average molecular weight is 335 g/mol. The van der Waals surface area contributed by atoms with E-state index in [4.69, 9.17) is 5.11 Å². The van der Waals surface area contributed by atoms with Crippen molar-refractivity contribution in [3.05, 3.63) is 23.4 Å². The summed E-state index contributed by atoms with van der Waals surface area (Å²) >= 11 is 0. The first-order chi connectivity index (χ1) is 11.2. The Morgan fingerprint density at radius 1 is 1.46 bits per heavy atom. The third-order valence-electron chi connectivity index (χ3n) is 5.20. The minimum Gasteiger partial charge on any atom is -0.478 e. The third-order valence-corrected chi connectivity index (χ3v) is 5.20. The molecule has 3 rings (SSSR count). The van der Waals surface area contributed by atoms with Gasteiger partial charge >= 0.3 is 5.97 Å². The van der Waals surface area contributed by atoms with Crippen LogP contribution in [-0.2, 0) is 4.79 Å². The zero-order valence-corrected chi connectivity index (χ0v) is 14.1. The first-order valence-electron chi connectivity index (χ1n) is 8.19. The van der Waals surface area contributed by atoms with Crippen molar-refractivity contribution in [2.24, 2.45) is 5.92 Å². The maximum atomic E-state index is 15.3. The molecule has 0 bridgehead atoms. The zero-order chi connectivity index (χ0) is 17.6. The van der Waals surface area contributed by atoms with Crippen LogP contribution in [-0.4, -0.2) is 58.2 Å². The maximum absolute atomic E-state index is 15.3. The number of aryl methyl sites for hydroxylation is 1. The molecule has 2 saturated heterocycles. The number of likely N-dealkylation sites (tertiary alicyclic amines) is 1. The second-order valence-corrected chi connectivity index (χ2v) is 6.98. The van der Waals surface area contributed by atoms with Gasteiger partial charge in [0.1, 0.15) is 5.82 Å².